The van der Waals surface area contributed by atoms with E-state index in [-0.39, 0.29) is 11.9 Å². The van der Waals surface area contributed by atoms with Gasteiger partial charge >= 0.3 is 0 Å². The molecule has 3 heteroatoms. The van der Waals surface area contributed by atoms with Crippen LogP contribution in [0.4, 0.5) is 4.39 Å². The average molecular weight is 291 g/mol. The Kier molecular flexibility index (Phi) is 5.74. The van der Waals surface area contributed by atoms with Crippen molar-refractivity contribution in [3.63, 3.8) is 0 Å². The van der Waals surface area contributed by atoms with Crippen molar-refractivity contribution in [3.8, 4) is 0 Å². The fourth-order valence-electron chi connectivity index (χ4n) is 2.48. The minimum absolute atomic E-state index is 0.107. The zero-order valence-corrected chi connectivity index (χ0v) is 12.9. The Morgan fingerprint density at radius 2 is 2.00 bits per heavy atom. The largest absolute Gasteiger partial charge is 0.306 e. The maximum atomic E-state index is 13.7. The second-order valence-electron chi connectivity index (χ2n) is 5.22. The van der Waals surface area contributed by atoms with E-state index in [9.17, 15) is 4.39 Å². The first kappa shape index (κ1) is 15.2. The Morgan fingerprint density at radius 1 is 1.20 bits per heavy atom. The van der Waals surface area contributed by atoms with E-state index in [1.54, 1.807) is 17.4 Å². The lowest BCUT2D eigenvalue weighted by Gasteiger charge is -2.22. The van der Waals surface area contributed by atoms with Gasteiger partial charge in [0.25, 0.3) is 0 Å². The van der Waals surface area contributed by atoms with E-state index in [0.717, 1.165) is 24.8 Å². The van der Waals surface area contributed by atoms with Crippen molar-refractivity contribution in [3.05, 3.63) is 58.0 Å². The van der Waals surface area contributed by atoms with E-state index < -0.39 is 0 Å². The Balaban J connectivity index is 1.98. The fourth-order valence-corrected chi connectivity index (χ4v) is 3.30. The number of halogens is 1. The summed E-state index contributed by atoms with van der Waals surface area (Å²) >= 11 is 1.79. The first-order valence-electron chi connectivity index (χ1n) is 7.23. The highest BCUT2D eigenvalue weighted by molar-refractivity contribution is 7.10. The molecule has 0 spiro atoms. The van der Waals surface area contributed by atoms with Gasteiger partial charge in [0, 0.05) is 17.0 Å². The van der Waals surface area contributed by atoms with E-state index in [1.807, 2.05) is 12.1 Å². The van der Waals surface area contributed by atoms with Crippen LogP contribution in [-0.4, -0.2) is 6.04 Å². The predicted octanol–water partition coefficient (Wildman–Crippen LogP) is 4.95. The molecule has 0 aliphatic rings. The Hall–Kier alpha value is -1.19. The van der Waals surface area contributed by atoms with Crippen molar-refractivity contribution in [1.82, 2.24) is 5.32 Å². The molecule has 1 nitrogen and oxygen atoms in total. The summed E-state index contributed by atoms with van der Waals surface area (Å²) in [5, 5.41) is 5.75. The molecule has 0 aliphatic heterocycles. The molecule has 1 heterocycles. The molecular formula is C17H22FNS. The van der Waals surface area contributed by atoms with Crippen LogP contribution < -0.4 is 5.32 Å². The van der Waals surface area contributed by atoms with Crippen LogP contribution in [0.3, 0.4) is 0 Å². The van der Waals surface area contributed by atoms with Crippen LogP contribution in [0, 0.1) is 5.82 Å². The van der Waals surface area contributed by atoms with Crippen LogP contribution in [-0.2, 0) is 6.42 Å². The summed E-state index contributed by atoms with van der Waals surface area (Å²) in [7, 11) is 0. The van der Waals surface area contributed by atoms with Gasteiger partial charge in [0.1, 0.15) is 5.82 Å². The Bertz CT molecular complexity index is 509. The molecule has 0 saturated heterocycles. The van der Waals surface area contributed by atoms with Crippen molar-refractivity contribution in [2.75, 3.05) is 0 Å². The Labute approximate surface area is 124 Å². The molecule has 0 fully saturated rings. The van der Waals surface area contributed by atoms with E-state index >= 15 is 0 Å². The quantitative estimate of drug-likeness (QED) is 0.761. The third-order valence-electron chi connectivity index (χ3n) is 3.43. The van der Waals surface area contributed by atoms with Crippen LogP contribution in [0.2, 0.25) is 0 Å². The number of hydrogen-bond donors (Lipinski definition) is 1. The van der Waals surface area contributed by atoms with Gasteiger partial charge in [0.05, 0.1) is 0 Å². The summed E-state index contributed by atoms with van der Waals surface area (Å²) < 4.78 is 13.7. The molecule has 2 rings (SSSR count). The summed E-state index contributed by atoms with van der Waals surface area (Å²) in [6.07, 6.45) is 2.97. The molecule has 0 bridgehead atoms. The molecule has 1 aromatic heterocycles. The standard InChI is InChI=1S/C17H22FNS/c1-3-7-16(17-10-6-11-20-17)19-13(2)12-14-8-4-5-9-15(14)18/h4-6,8-11,13,16,19H,3,7,12H2,1-2H3. The number of nitrogens with one attached hydrogen (secondary N) is 1. The molecule has 0 amide bonds. The first-order chi connectivity index (χ1) is 9.70. The van der Waals surface area contributed by atoms with Crippen LogP contribution >= 0.6 is 11.3 Å². The Morgan fingerprint density at radius 3 is 2.65 bits per heavy atom. The zero-order valence-electron chi connectivity index (χ0n) is 12.1. The molecular weight excluding hydrogens is 269 g/mol. The molecule has 1 N–H and O–H groups in total. The highest BCUT2D eigenvalue weighted by Crippen LogP contribution is 2.24. The van der Waals surface area contributed by atoms with E-state index in [0.29, 0.717) is 6.04 Å². The summed E-state index contributed by atoms with van der Waals surface area (Å²) in [6.45, 7) is 4.33. The molecule has 1 aromatic carbocycles. The van der Waals surface area contributed by atoms with Gasteiger partial charge in [-0.1, -0.05) is 37.6 Å². The summed E-state index contributed by atoms with van der Waals surface area (Å²) in [5.74, 6) is -0.107. The van der Waals surface area contributed by atoms with Gasteiger partial charge in [-0.15, -0.1) is 11.3 Å². The summed E-state index contributed by atoms with van der Waals surface area (Å²) in [5.41, 5.74) is 0.786. The third kappa shape index (κ3) is 4.15. The fraction of sp³-hybridized carbons (Fsp3) is 0.412. The smallest absolute Gasteiger partial charge is 0.126 e. The monoisotopic (exact) mass is 291 g/mol. The summed E-state index contributed by atoms with van der Waals surface area (Å²) in [6, 6.07) is 11.9. The minimum atomic E-state index is -0.107. The van der Waals surface area contributed by atoms with E-state index in [2.05, 4.69) is 36.7 Å². The van der Waals surface area contributed by atoms with Crippen LogP contribution in [0.25, 0.3) is 0 Å². The number of rotatable bonds is 7. The second-order valence-corrected chi connectivity index (χ2v) is 6.20. The number of benzene rings is 1. The molecule has 2 unspecified atom stereocenters. The lowest BCUT2D eigenvalue weighted by Crippen LogP contribution is -2.32. The van der Waals surface area contributed by atoms with Gasteiger partial charge in [0.2, 0.25) is 0 Å². The molecule has 108 valence electrons. The maximum absolute atomic E-state index is 13.7. The van der Waals surface area contributed by atoms with Crippen molar-refractivity contribution >= 4 is 11.3 Å². The molecule has 2 atom stereocenters. The average Bonchev–Trinajstić information content (AvgIpc) is 2.95. The third-order valence-corrected chi connectivity index (χ3v) is 4.42. The van der Waals surface area contributed by atoms with Gasteiger partial charge in [-0.2, -0.15) is 0 Å². The SMILES string of the molecule is CCCC(NC(C)Cc1ccccc1F)c1cccs1. The molecule has 0 aliphatic carbocycles. The normalized spacial score (nSPS) is 14.2. The van der Waals surface area contributed by atoms with Gasteiger partial charge in [0.15, 0.2) is 0 Å². The van der Waals surface area contributed by atoms with Gasteiger partial charge in [-0.05, 0) is 42.8 Å². The number of thiophene rings is 1. The van der Waals surface area contributed by atoms with Crippen LogP contribution in [0.1, 0.15) is 43.2 Å². The van der Waals surface area contributed by atoms with Gasteiger partial charge in [-0.3, -0.25) is 0 Å². The van der Waals surface area contributed by atoms with E-state index in [1.165, 1.54) is 10.9 Å². The highest BCUT2D eigenvalue weighted by atomic mass is 32.1. The van der Waals surface area contributed by atoms with Crippen LogP contribution in [0.15, 0.2) is 41.8 Å². The van der Waals surface area contributed by atoms with Crippen molar-refractivity contribution in [2.24, 2.45) is 0 Å². The zero-order chi connectivity index (χ0) is 14.4. The van der Waals surface area contributed by atoms with Gasteiger partial charge < -0.3 is 5.32 Å². The van der Waals surface area contributed by atoms with E-state index in [4.69, 9.17) is 0 Å². The topological polar surface area (TPSA) is 12.0 Å². The minimum Gasteiger partial charge on any atom is -0.306 e. The lowest BCUT2D eigenvalue weighted by molar-refractivity contribution is 0.429. The van der Waals surface area contributed by atoms with Crippen molar-refractivity contribution < 1.29 is 4.39 Å². The van der Waals surface area contributed by atoms with Crippen molar-refractivity contribution in [2.45, 2.75) is 45.2 Å². The van der Waals surface area contributed by atoms with Gasteiger partial charge in [-0.25, -0.2) is 4.39 Å². The second kappa shape index (κ2) is 7.55. The highest BCUT2D eigenvalue weighted by Gasteiger charge is 2.15. The molecule has 0 saturated carbocycles. The van der Waals surface area contributed by atoms with Crippen LogP contribution in [0.5, 0.6) is 0 Å². The first-order valence-corrected chi connectivity index (χ1v) is 8.11. The van der Waals surface area contributed by atoms with Crippen molar-refractivity contribution in [1.29, 1.82) is 0 Å². The number of hydrogen-bond acceptors (Lipinski definition) is 2. The summed E-state index contributed by atoms with van der Waals surface area (Å²) in [4.78, 5) is 1.37. The molecule has 0 radical (unpaired) electrons. The predicted molar refractivity (Wildman–Crippen MR) is 84.7 cm³/mol. The molecule has 20 heavy (non-hydrogen) atoms. The lowest BCUT2D eigenvalue weighted by atomic mass is 10.0. The molecule has 2 aromatic rings. The maximum Gasteiger partial charge on any atom is 0.126 e.